The lowest BCUT2D eigenvalue weighted by Gasteiger charge is -2.24. The van der Waals surface area contributed by atoms with Crippen LogP contribution < -0.4 is 0 Å². The van der Waals surface area contributed by atoms with E-state index in [0.29, 0.717) is 11.6 Å². The number of fused-ring (bicyclic) bond motifs is 25. The van der Waals surface area contributed by atoms with Gasteiger partial charge in [0.15, 0.2) is 11.6 Å². The van der Waals surface area contributed by atoms with Crippen LogP contribution >= 0.6 is 11.3 Å². The molecule has 0 saturated carbocycles. The van der Waals surface area contributed by atoms with Gasteiger partial charge in [-0.05, 0) is 204 Å². The molecule has 7 heterocycles. The van der Waals surface area contributed by atoms with Gasteiger partial charge in [0.05, 0.1) is 71.4 Å². The summed E-state index contributed by atoms with van der Waals surface area (Å²) < 4.78 is 11.9. The number of hydrogen-bond acceptors (Lipinski definition) is 5. The van der Waals surface area contributed by atoms with E-state index >= 15 is 0 Å². The maximum absolute atomic E-state index is 5.75. The smallest absolute Gasteiger partial charge is 0.161 e. The Morgan fingerprint density at radius 2 is 0.654 bits per heavy atom. The fourth-order valence-electron chi connectivity index (χ4n) is 22.5. The second-order valence-corrected chi connectivity index (χ2v) is 37.7. The van der Waals surface area contributed by atoms with Gasteiger partial charge in [0.25, 0.3) is 0 Å². The number of rotatable bonds is 10. The van der Waals surface area contributed by atoms with Gasteiger partial charge in [0.2, 0.25) is 0 Å². The van der Waals surface area contributed by atoms with E-state index in [-0.39, 0.29) is 5.41 Å². The summed E-state index contributed by atoms with van der Waals surface area (Å²) in [7, 11) is 0. The molecule has 0 unspecified atom stereocenters. The molecule has 29 rings (SSSR count). The lowest BCUT2D eigenvalue weighted by Crippen LogP contribution is -2.17. The molecule has 1 aliphatic carbocycles. The minimum atomic E-state index is -0.374. The average molecular weight is 1750 g/mol. The van der Waals surface area contributed by atoms with E-state index in [2.05, 4.69) is 481 Å². The Morgan fingerprint density at radius 3 is 1.30 bits per heavy atom. The van der Waals surface area contributed by atoms with Crippen LogP contribution in [0.25, 0.3) is 263 Å². The molecule has 1 aliphatic rings. The molecule has 0 spiro atoms. The molecule has 0 saturated heterocycles. The van der Waals surface area contributed by atoms with Crippen molar-refractivity contribution in [1.29, 1.82) is 0 Å². The van der Waals surface area contributed by atoms with Gasteiger partial charge in [-0.25, -0.2) is 19.9 Å². The molecule has 21 aromatic carbocycles. The van der Waals surface area contributed by atoms with Crippen LogP contribution in [0, 0.1) is 0 Å². The monoisotopic (exact) mass is 1750 g/mol. The molecule has 0 atom stereocenters. The van der Waals surface area contributed by atoms with Gasteiger partial charge in [-0.1, -0.05) is 335 Å². The predicted molar refractivity (Wildman–Crippen MR) is 572 cm³/mol. The molecule has 8 nitrogen and oxygen atoms in total. The van der Waals surface area contributed by atoms with Crippen molar-refractivity contribution < 1.29 is 0 Å². The Labute approximate surface area is 786 Å². The minimum absolute atomic E-state index is 0.374. The molecule has 634 valence electrons. The summed E-state index contributed by atoms with van der Waals surface area (Å²) in [6.45, 7) is 4.68. The number of hydrogen-bond donors (Lipinski definition) is 0. The number of aromatic nitrogens is 8. The summed E-state index contributed by atoms with van der Waals surface area (Å²) in [4.78, 5) is 22.7. The highest BCUT2D eigenvalue weighted by molar-refractivity contribution is 7.26. The Kier molecular flexibility index (Phi) is 17.2. The standard InChI is InChI=1S/C64H38N4S.C63H42N4/c1-3-15-39(16-4-1)44-30-33-50-58(37-44)69-63-61(50)65-64(66-62(63)51-26-14-28-55-60(51)49-24-11-12-27-54(49)67(55)45-21-5-2-6-22-45)48-25-13-20-41-29-32-46(38-52(41)48)68-56-34-31-40-17-9-10-23-47(40)59(56)53-35-42-18-7-8-19-43(42)36-57(53)68;1-63(2)53-35-31-44(39-16-5-3-6-17-39)37-52(53)60-58(63)59(50-25-15-27-55-57(50)49-24-13-14-26-54(49)66(55)45-21-7-4-8-22-45)64-62(65-60)41-28-32-46(33-29-41)67-56-38-43-20-10-9-19-42(43)36-51(56)48-34-30-40-18-11-12-23-47(40)61(48)67/h1-38H;3-38H,1-2H3. The van der Waals surface area contributed by atoms with Crippen LogP contribution in [0.2, 0.25) is 0 Å². The maximum atomic E-state index is 5.75. The van der Waals surface area contributed by atoms with Gasteiger partial charge in [-0.2, -0.15) is 0 Å². The second-order valence-electron chi connectivity index (χ2n) is 36.6. The van der Waals surface area contributed by atoms with Gasteiger partial charge < -0.3 is 18.3 Å². The van der Waals surface area contributed by atoms with E-state index in [1.54, 1.807) is 11.3 Å². The number of para-hydroxylation sites is 4. The first kappa shape index (κ1) is 77.3. The lowest BCUT2D eigenvalue weighted by atomic mass is 9.80. The first-order valence-corrected chi connectivity index (χ1v) is 47.5. The van der Waals surface area contributed by atoms with E-state index < -0.39 is 0 Å². The fraction of sp³-hybridized carbons (Fsp3) is 0.0236. The molecule has 0 bridgehead atoms. The van der Waals surface area contributed by atoms with Crippen LogP contribution in [0.1, 0.15) is 25.0 Å². The third-order valence-corrected chi connectivity index (χ3v) is 29.9. The largest absolute Gasteiger partial charge is 0.309 e. The summed E-state index contributed by atoms with van der Waals surface area (Å²) in [6, 6.07) is 163. The van der Waals surface area contributed by atoms with Crippen molar-refractivity contribution in [2.45, 2.75) is 19.3 Å². The van der Waals surface area contributed by atoms with Crippen LogP contribution in [0.5, 0.6) is 0 Å². The van der Waals surface area contributed by atoms with E-state index in [4.69, 9.17) is 19.9 Å². The Bertz CT molecular complexity index is 9890. The first-order valence-electron chi connectivity index (χ1n) is 46.6. The number of thiophene rings is 1. The molecule has 0 N–H and O–H groups in total. The van der Waals surface area contributed by atoms with Gasteiger partial charge in [0.1, 0.15) is 0 Å². The number of benzene rings is 21. The Hall–Kier alpha value is -17.5. The van der Waals surface area contributed by atoms with Crippen molar-refractivity contribution in [3.8, 4) is 102 Å². The zero-order valence-corrected chi connectivity index (χ0v) is 75.0. The Balaban J connectivity index is 0.000000135. The number of nitrogens with zero attached hydrogens (tertiary/aromatic N) is 8. The van der Waals surface area contributed by atoms with Gasteiger partial charge in [0, 0.05) is 120 Å². The van der Waals surface area contributed by atoms with Crippen LogP contribution in [0.15, 0.2) is 449 Å². The quantitative estimate of drug-likeness (QED) is 0.137. The average Bonchev–Trinajstić information content (AvgIpc) is 1.52. The highest BCUT2D eigenvalue weighted by Gasteiger charge is 2.41. The van der Waals surface area contributed by atoms with Crippen LogP contribution in [-0.2, 0) is 5.41 Å². The minimum Gasteiger partial charge on any atom is -0.309 e. The van der Waals surface area contributed by atoms with Crippen LogP contribution in [-0.4, -0.2) is 38.2 Å². The predicted octanol–water partition coefficient (Wildman–Crippen LogP) is 33.8. The van der Waals surface area contributed by atoms with Crippen LogP contribution in [0.4, 0.5) is 0 Å². The highest BCUT2D eigenvalue weighted by atomic mass is 32.1. The first-order chi connectivity index (χ1) is 67.2. The second kappa shape index (κ2) is 30.3. The highest BCUT2D eigenvalue weighted by Crippen LogP contribution is 2.55. The van der Waals surface area contributed by atoms with E-state index in [1.165, 1.54) is 146 Å². The van der Waals surface area contributed by atoms with Gasteiger partial charge in [-0.3, -0.25) is 0 Å². The molecule has 136 heavy (non-hydrogen) atoms. The molecule has 0 fully saturated rings. The van der Waals surface area contributed by atoms with E-state index in [9.17, 15) is 0 Å². The lowest BCUT2D eigenvalue weighted by molar-refractivity contribution is 0.658. The molecule has 7 aromatic heterocycles. The Morgan fingerprint density at radius 1 is 0.221 bits per heavy atom. The van der Waals surface area contributed by atoms with Crippen molar-refractivity contribution in [2.24, 2.45) is 0 Å². The molecular formula is C127H80N8S. The molecule has 0 radical (unpaired) electrons. The normalized spacial score (nSPS) is 12.5. The van der Waals surface area contributed by atoms with E-state index in [1.807, 2.05) is 0 Å². The van der Waals surface area contributed by atoms with Gasteiger partial charge in [-0.15, -0.1) is 11.3 Å². The third-order valence-electron chi connectivity index (χ3n) is 28.7. The van der Waals surface area contributed by atoms with Crippen LogP contribution in [0.3, 0.4) is 0 Å². The van der Waals surface area contributed by atoms with E-state index in [0.717, 1.165) is 116 Å². The zero-order valence-electron chi connectivity index (χ0n) is 74.2. The fourth-order valence-corrected chi connectivity index (χ4v) is 23.7. The van der Waals surface area contributed by atoms with Gasteiger partial charge >= 0.3 is 0 Å². The van der Waals surface area contributed by atoms with Crippen molar-refractivity contribution >= 4 is 173 Å². The summed E-state index contributed by atoms with van der Waals surface area (Å²) in [5, 5.41) is 23.0. The molecule has 9 heteroatoms. The molecule has 0 aliphatic heterocycles. The third kappa shape index (κ3) is 11.9. The molecule has 0 amide bonds. The summed E-state index contributed by atoms with van der Waals surface area (Å²) >= 11 is 1.79. The van der Waals surface area contributed by atoms with Crippen molar-refractivity contribution in [2.75, 3.05) is 0 Å². The zero-order chi connectivity index (χ0) is 89.5. The summed E-state index contributed by atoms with van der Waals surface area (Å²) in [6.07, 6.45) is 0. The van der Waals surface area contributed by atoms with Crippen molar-refractivity contribution in [3.63, 3.8) is 0 Å². The summed E-state index contributed by atoms with van der Waals surface area (Å²) in [5.41, 5.74) is 29.8. The maximum Gasteiger partial charge on any atom is 0.161 e. The summed E-state index contributed by atoms with van der Waals surface area (Å²) in [5.74, 6) is 1.41. The van der Waals surface area contributed by atoms with Crippen molar-refractivity contribution in [1.82, 2.24) is 38.2 Å². The molecular weight excluding hydrogens is 1670 g/mol. The topological polar surface area (TPSA) is 71.3 Å². The van der Waals surface area contributed by atoms with Crippen molar-refractivity contribution in [3.05, 3.63) is 460 Å². The SMILES string of the molecule is CC1(C)c2ccc(-c3ccccc3)cc2-c2nc(-c3ccc(-n4c5cc6ccccc6cc5c5ccc6ccccc6c54)cc3)nc(-c3cccc4c3c3ccccc3n4-c3ccccc3)c21.c1ccc(-c2ccc3c(c2)sc2c(-c4cccc5c4c4ccccc4n5-c4ccccc4)nc(-c4cccc5ccc(-n6c7cc8ccccc8cc7c7c8ccccc8ccc76)cc45)nc23)cc1. The molecule has 28 aromatic rings.